The molecule has 1 saturated carbocycles. The SMILES string of the molecule is CCC1CCCC(C(=O)c2cn(C)nc2C)C1. The van der Waals surface area contributed by atoms with Crippen LogP contribution in [0.2, 0.25) is 0 Å². The lowest BCUT2D eigenvalue weighted by molar-refractivity contribution is 0.0861. The van der Waals surface area contributed by atoms with Gasteiger partial charge in [0.25, 0.3) is 0 Å². The molecule has 0 aromatic carbocycles. The molecule has 17 heavy (non-hydrogen) atoms. The Hall–Kier alpha value is -1.12. The van der Waals surface area contributed by atoms with Crippen molar-refractivity contribution < 1.29 is 4.79 Å². The van der Waals surface area contributed by atoms with Crippen LogP contribution in [0.3, 0.4) is 0 Å². The molecule has 94 valence electrons. The molecule has 1 aliphatic rings. The summed E-state index contributed by atoms with van der Waals surface area (Å²) < 4.78 is 1.74. The minimum atomic E-state index is 0.233. The van der Waals surface area contributed by atoms with E-state index in [1.54, 1.807) is 4.68 Å². The molecule has 1 aromatic heterocycles. The monoisotopic (exact) mass is 234 g/mol. The number of aryl methyl sites for hydroxylation is 2. The largest absolute Gasteiger partial charge is 0.294 e. The third kappa shape index (κ3) is 2.59. The molecule has 0 amide bonds. The van der Waals surface area contributed by atoms with E-state index in [1.807, 2.05) is 20.2 Å². The van der Waals surface area contributed by atoms with E-state index in [-0.39, 0.29) is 5.92 Å². The summed E-state index contributed by atoms with van der Waals surface area (Å²) in [5.41, 5.74) is 1.70. The maximum Gasteiger partial charge on any atom is 0.169 e. The quantitative estimate of drug-likeness (QED) is 0.753. The normalized spacial score (nSPS) is 24.9. The fourth-order valence-corrected chi connectivity index (χ4v) is 2.96. The minimum Gasteiger partial charge on any atom is -0.294 e. The summed E-state index contributed by atoms with van der Waals surface area (Å²) >= 11 is 0. The number of carbonyl (C=O) groups is 1. The number of ketones is 1. The molecule has 1 fully saturated rings. The highest BCUT2D eigenvalue weighted by Crippen LogP contribution is 2.33. The van der Waals surface area contributed by atoms with Crippen molar-refractivity contribution in [2.75, 3.05) is 0 Å². The molecular weight excluding hydrogens is 212 g/mol. The molecule has 2 unspecified atom stereocenters. The standard InChI is InChI=1S/C14H22N2O/c1-4-11-6-5-7-12(8-11)14(17)13-9-16(3)15-10(13)2/h9,11-12H,4-8H2,1-3H3. The van der Waals surface area contributed by atoms with Gasteiger partial charge in [-0.3, -0.25) is 9.48 Å². The van der Waals surface area contributed by atoms with Crippen molar-refractivity contribution in [3.63, 3.8) is 0 Å². The zero-order valence-electron chi connectivity index (χ0n) is 11.1. The molecule has 1 heterocycles. The van der Waals surface area contributed by atoms with Crippen molar-refractivity contribution in [1.29, 1.82) is 0 Å². The van der Waals surface area contributed by atoms with Crippen LogP contribution in [0, 0.1) is 18.8 Å². The van der Waals surface area contributed by atoms with Crippen LogP contribution in [-0.2, 0) is 7.05 Å². The van der Waals surface area contributed by atoms with Gasteiger partial charge in [-0.25, -0.2) is 0 Å². The van der Waals surface area contributed by atoms with Crippen molar-refractivity contribution in [2.45, 2.75) is 46.0 Å². The van der Waals surface area contributed by atoms with Gasteiger partial charge in [0.05, 0.1) is 11.3 Å². The lowest BCUT2D eigenvalue weighted by Crippen LogP contribution is -2.23. The van der Waals surface area contributed by atoms with Crippen LogP contribution in [-0.4, -0.2) is 15.6 Å². The fourth-order valence-electron chi connectivity index (χ4n) is 2.96. The van der Waals surface area contributed by atoms with E-state index in [2.05, 4.69) is 12.0 Å². The van der Waals surface area contributed by atoms with Gasteiger partial charge in [0.2, 0.25) is 0 Å². The highest BCUT2D eigenvalue weighted by Gasteiger charge is 2.28. The van der Waals surface area contributed by atoms with Crippen molar-refractivity contribution in [1.82, 2.24) is 9.78 Å². The lowest BCUT2D eigenvalue weighted by Gasteiger charge is -2.27. The predicted octanol–water partition coefficient (Wildman–Crippen LogP) is 3.13. The van der Waals surface area contributed by atoms with Crippen LogP contribution < -0.4 is 0 Å². The number of Topliss-reactive ketones (excluding diaryl/α,β-unsaturated/α-hetero) is 1. The molecule has 1 aliphatic carbocycles. The van der Waals surface area contributed by atoms with Gasteiger partial charge < -0.3 is 0 Å². The average molecular weight is 234 g/mol. The number of rotatable bonds is 3. The second-order valence-corrected chi connectivity index (χ2v) is 5.30. The second-order valence-electron chi connectivity index (χ2n) is 5.30. The maximum absolute atomic E-state index is 12.4. The Labute approximate surface area is 103 Å². The van der Waals surface area contributed by atoms with E-state index in [4.69, 9.17) is 0 Å². The van der Waals surface area contributed by atoms with Crippen LogP contribution >= 0.6 is 0 Å². The van der Waals surface area contributed by atoms with E-state index in [1.165, 1.54) is 19.3 Å². The Morgan fingerprint density at radius 1 is 1.53 bits per heavy atom. The summed E-state index contributed by atoms with van der Waals surface area (Å²) in [5.74, 6) is 1.29. The summed E-state index contributed by atoms with van der Waals surface area (Å²) in [7, 11) is 1.87. The van der Waals surface area contributed by atoms with Crippen LogP contribution in [0.5, 0.6) is 0 Å². The smallest absolute Gasteiger partial charge is 0.169 e. The Balaban J connectivity index is 2.12. The van der Waals surface area contributed by atoms with Crippen LogP contribution in [0.1, 0.15) is 55.1 Å². The average Bonchev–Trinajstić information content (AvgIpc) is 2.67. The number of aromatic nitrogens is 2. The summed E-state index contributed by atoms with van der Waals surface area (Å²) in [5, 5.41) is 4.26. The van der Waals surface area contributed by atoms with Crippen LogP contribution in [0.15, 0.2) is 6.20 Å². The molecule has 1 aromatic rings. The van der Waals surface area contributed by atoms with Gasteiger partial charge in [-0.1, -0.05) is 26.2 Å². The van der Waals surface area contributed by atoms with Crippen LogP contribution in [0.25, 0.3) is 0 Å². The summed E-state index contributed by atoms with van der Waals surface area (Å²) in [6.07, 6.45) is 7.71. The number of nitrogens with zero attached hydrogens (tertiary/aromatic N) is 2. The van der Waals surface area contributed by atoms with Crippen molar-refractivity contribution in [3.8, 4) is 0 Å². The molecule has 2 atom stereocenters. The third-order valence-corrected chi connectivity index (χ3v) is 4.01. The van der Waals surface area contributed by atoms with Gasteiger partial charge in [0.1, 0.15) is 0 Å². The molecule has 0 saturated heterocycles. The first-order valence-electron chi connectivity index (χ1n) is 6.66. The molecule has 3 nitrogen and oxygen atoms in total. The Morgan fingerprint density at radius 2 is 2.29 bits per heavy atom. The molecule has 0 N–H and O–H groups in total. The van der Waals surface area contributed by atoms with Crippen molar-refractivity contribution in [3.05, 3.63) is 17.5 Å². The fraction of sp³-hybridized carbons (Fsp3) is 0.714. The van der Waals surface area contributed by atoms with Gasteiger partial charge in [-0.05, 0) is 25.7 Å². The summed E-state index contributed by atoms with van der Waals surface area (Å²) in [6, 6.07) is 0. The first-order valence-corrected chi connectivity index (χ1v) is 6.66. The van der Waals surface area contributed by atoms with E-state index in [0.717, 1.165) is 30.0 Å². The second kappa shape index (κ2) is 5.03. The molecular formula is C14H22N2O. The Bertz CT molecular complexity index is 408. The third-order valence-electron chi connectivity index (χ3n) is 4.01. The molecule has 0 spiro atoms. The van der Waals surface area contributed by atoms with Crippen molar-refractivity contribution >= 4 is 5.78 Å². The van der Waals surface area contributed by atoms with Crippen LogP contribution in [0.4, 0.5) is 0 Å². The minimum absolute atomic E-state index is 0.233. The highest BCUT2D eigenvalue weighted by molar-refractivity contribution is 5.98. The Morgan fingerprint density at radius 3 is 2.88 bits per heavy atom. The molecule has 0 bridgehead atoms. The Kier molecular flexibility index (Phi) is 3.65. The first kappa shape index (κ1) is 12.3. The van der Waals surface area contributed by atoms with E-state index < -0.39 is 0 Å². The van der Waals surface area contributed by atoms with Gasteiger partial charge in [-0.15, -0.1) is 0 Å². The summed E-state index contributed by atoms with van der Waals surface area (Å²) in [6.45, 7) is 4.15. The number of hydrogen-bond acceptors (Lipinski definition) is 2. The van der Waals surface area contributed by atoms with E-state index in [9.17, 15) is 4.79 Å². The van der Waals surface area contributed by atoms with E-state index >= 15 is 0 Å². The molecule has 0 aliphatic heterocycles. The van der Waals surface area contributed by atoms with Gasteiger partial charge in [0, 0.05) is 19.2 Å². The highest BCUT2D eigenvalue weighted by atomic mass is 16.1. The zero-order chi connectivity index (χ0) is 12.4. The summed E-state index contributed by atoms with van der Waals surface area (Å²) in [4.78, 5) is 12.4. The number of hydrogen-bond donors (Lipinski definition) is 0. The topological polar surface area (TPSA) is 34.9 Å². The zero-order valence-corrected chi connectivity index (χ0v) is 11.1. The van der Waals surface area contributed by atoms with Gasteiger partial charge >= 0.3 is 0 Å². The molecule has 0 radical (unpaired) electrons. The van der Waals surface area contributed by atoms with Crippen molar-refractivity contribution in [2.24, 2.45) is 18.9 Å². The predicted molar refractivity (Wildman–Crippen MR) is 68.0 cm³/mol. The molecule has 2 rings (SSSR count). The number of carbonyl (C=O) groups excluding carboxylic acids is 1. The van der Waals surface area contributed by atoms with Gasteiger partial charge in [0.15, 0.2) is 5.78 Å². The lowest BCUT2D eigenvalue weighted by atomic mass is 9.77. The molecule has 3 heteroatoms. The first-order chi connectivity index (χ1) is 8.11. The van der Waals surface area contributed by atoms with Gasteiger partial charge in [-0.2, -0.15) is 5.10 Å². The maximum atomic E-state index is 12.4. The van der Waals surface area contributed by atoms with E-state index in [0.29, 0.717) is 5.78 Å².